The highest BCUT2D eigenvalue weighted by atomic mass is 19.1. The zero-order valence-electron chi connectivity index (χ0n) is 11.1. The minimum atomic E-state index is -1.11. The Morgan fingerprint density at radius 3 is 2.53 bits per heavy atom. The van der Waals surface area contributed by atoms with Gasteiger partial charge in [0.25, 0.3) is 0 Å². The SMILES string of the molecule is CC1(C)OB(c2ccccc2F)OC1(C)C[N+](=O)[O-]. The molecule has 1 unspecified atom stereocenters. The van der Waals surface area contributed by atoms with Crippen LogP contribution in [0, 0.1) is 15.9 Å². The van der Waals surface area contributed by atoms with Crippen LogP contribution in [0.4, 0.5) is 4.39 Å². The zero-order chi connectivity index (χ0) is 14.3. The number of benzene rings is 1. The number of hydrogen-bond acceptors (Lipinski definition) is 4. The second-order valence-electron chi connectivity index (χ2n) is 5.32. The summed E-state index contributed by atoms with van der Waals surface area (Å²) in [5, 5.41) is 10.8. The highest BCUT2D eigenvalue weighted by molar-refractivity contribution is 6.62. The van der Waals surface area contributed by atoms with E-state index < -0.39 is 35.6 Å². The van der Waals surface area contributed by atoms with Crippen LogP contribution >= 0.6 is 0 Å². The summed E-state index contributed by atoms with van der Waals surface area (Å²) in [7, 11) is -0.929. The highest BCUT2D eigenvalue weighted by Gasteiger charge is 2.58. The quantitative estimate of drug-likeness (QED) is 0.471. The Morgan fingerprint density at radius 2 is 1.95 bits per heavy atom. The Hall–Kier alpha value is -1.47. The van der Waals surface area contributed by atoms with Gasteiger partial charge in [0.1, 0.15) is 11.4 Å². The topological polar surface area (TPSA) is 61.6 Å². The first-order valence-electron chi connectivity index (χ1n) is 5.97. The van der Waals surface area contributed by atoms with E-state index in [-0.39, 0.29) is 5.46 Å². The number of hydrogen-bond donors (Lipinski definition) is 0. The third kappa shape index (κ3) is 2.48. The summed E-state index contributed by atoms with van der Waals surface area (Å²) in [5.74, 6) is -0.450. The van der Waals surface area contributed by atoms with Gasteiger partial charge in [0.2, 0.25) is 6.54 Å². The molecule has 1 aromatic rings. The Labute approximate surface area is 111 Å². The van der Waals surface area contributed by atoms with Gasteiger partial charge < -0.3 is 9.31 Å². The summed E-state index contributed by atoms with van der Waals surface area (Å²) >= 11 is 0. The van der Waals surface area contributed by atoms with Crippen LogP contribution in [0.1, 0.15) is 20.8 Å². The minimum Gasteiger partial charge on any atom is -0.399 e. The van der Waals surface area contributed by atoms with Crippen molar-refractivity contribution in [2.75, 3.05) is 6.54 Å². The van der Waals surface area contributed by atoms with Crippen LogP contribution in [-0.2, 0) is 9.31 Å². The fraction of sp³-hybridized carbons (Fsp3) is 0.500. The first kappa shape index (κ1) is 14.0. The second-order valence-corrected chi connectivity index (χ2v) is 5.32. The molecule has 1 saturated heterocycles. The molecule has 0 spiro atoms. The minimum absolute atomic E-state index is 0.252. The number of halogens is 1. The van der Waals surface area contributed by atoms with Gasteiger partial charge in [-0.15, -0.1) is 0 Å². The van der Waals surface area contributed by atoms with Crippen LogP contribution in [0.2, 0.25) is 0 Å². The van der Waals surface area contributed by atoms with Gasteiger partial charge in [0.05, 0.1) is 5.60 Å². The van der Waals surface area contributed by atoms with Crippen molar-refractivity contribution in [3.8, 4) is 0 Å². The fourth-order valence-electron chi connectivity index (χ4n) is 2.06. The van der Waals surface area contributed by atoms with Gasteiger partial charge in [-0.3, -0.25) is 10.1 Å². The molecule has 2 rings (SSSR count). The van der Waals surface area contributed by atoms with Crippen molar-refractivity contribution in [3.63, 3.8) is 0 Å². The summed E-state index contributed by atoms with van der Waals surface area (Å²) in [6, 6.07) is 6.09. The molecule has 1 aliphatic heterocycles. The molecule has 1 heterocycles. The predicted octanol–water partition coefficient (Wildman–Crippen LogP) is 1.38. The van der Waals surface area contributed by atoms with E-state index in [0.717, 1.165) is 0 Å². The maximum absolute atomic E-state index is 13.7. The molecule has 0 radical (unpaired) electrons. The van der Waals surface area contributed by atoms with Crippen LogP contribution in [-0.4, -0.2) is 29.8 Å². The van der Waals surface area contributed by atoms with Gasteiger partial charge in [0, 0.05) is 10.4 Å². The monoisotopic (exact) mass is 267 g/mol. The molecule has 0 amide bonds. The van der Waals surface area contributed by atoms with Crippen molar-refractivity contribution in [2.45, 2.75) is 32.0 Å². The van der Waals surface area contributed by atoms with Crippen LogP contribution in [0.5, 0.6) is 0 Å². The molecule has 1 aromatic carbocycles. The molecule has 0 aromatic heterocycles. The van der Waals surface area contributed by atoms with Crippen LogP contribution < -0.4 is 5.46 Å². The molecule has 0 bridgehead atoms. The van der Waals surface area contributed by atoms with Gasteiger partial charge in [-0.05, 0) is 26.8 Å². The number of rotatable bonds is 3. The van der Waals surface area contributed by atoms with Crippen LogP contribution in [0.25, 0.3) is 0 Å². The fourth-order valence-corrected chi connectivity index (χ4v) is 2.06. The molecule has 1 fully saturated rings. The van der Waals surface area contributed by atoms with Crippen molar-refractivity contribution in [2.24, 2.45) is 0 Å². The summed E-state index contributed by atoms with van der Waals surface area (Å²) in [6.07, 6.45) is 0. The van der Waals surface area contributed by atoms with E-state index in [9.17, 15) is 14.5 Å². The van der Waals surface area contributed by atoms with Gasteiger partial charge in [-0.1, -0.05) is 18.2 Å². The van der Waals surface area contributed by atoms with E-state index in [2.05, 4.69) is 0 Å². The molecule has 7 heteroatoms. The van der Waals surface area contributed by atoms with Crippen molar-refractivity contribution < 1.29 is 18.6 Å². The smallest absolute Gasteiger partial charge is 0.399 e. The summed E-state index contributed by atoms with van der Waals surface area (Å²) in [5.41, 5.74) is -1.74. The van der Waals surface area contributed by atoms with E-state index >= 15 is 0 Å². The van der Waals surface area contributed by atoms with Crippen molar-refractivity contribution in [3.05, 3.63) is 40.2 Å². The second kappa shape index (κ2) is 4.57. The van der Waals surface area contributed by atoms with Gasteiger partial charge in [-0.25, -0.2) is 4.39 Å². The summed E-state index contributed by atoms with van der Waals surface area (Å²) in [6.45, 7) is 4.62. The molecule has 102 valence electrons. The van der Waals surface area contributed by atoms with Crippen molar-refractivity contribution in [1.29, 1.82) is 0 Å². The highest BCUT2D eigenvalue weighted by Crippen LogP contribution is 2.37. The average Bonchev–Trinajstić information content (AvgIpc) is 2.48. The van der Waals surface area contributed by atoms with Gasteiger partial charge in [-0.2, -0.15) is 0 Å². The lowest BCUT2D eigenvalue weighted by Gasteiger charge is -2.32. The summed E-state index contributed by atoms with van der Waals surface area (Å²) < 4.78 is 25.0. The molecule has 0 N–H and O–H groups in total. The third-order valence-electron chi connectivity index (χ3n) is 3.63. The van der Waals surface area contributed by atoms with Crippen LogP contribution in [0.3, 0.4) is 0 Å². The van der Waals surface area contributed by atoms with E-state index in [0.29, 0.717) is 0 Å². The molecule has 0 saturated carbocycles. The van der Waals surface area contributed by atoms with Crippen molar-refractivity contribution in [1.82, 2.24) is 0 Å². The zero-order valence-corrected chi connectivity index (χ0v) is 11.1. The largest absolute Gasteiger partial charge is 0.498 e. The third-order valence-corrected chi connectivity index (χ3v) is 3.63. The van der Waals surface area contributed by atoms with Crippen molar-refractivity contribution >= 4 is 12.6 Å². The molecule has 1 aliphatic rings. The lowest BCUT2D eigenvalue weighted by atomic mass is 9.79. The molecular formula is C12H15BFNO4. The number of nitrogens with zero attached hydrogens (tertiary/aromatic N) is 1. The number of nitro groups is 1. The van der Waals surface area contributed by atoms with E-state index in [4.69, 9.17) is 9.31 Å². The standard InChI is InChI=1S/C12H15BFNO4/c1-11(2)12(3,8-15(16)17)19-13(18-11)9-6-4-5-7-10(9)14/h4-7H,8H2,1-3H3. The Morgan fingerprint density at radius 1 is 1.32 bits per heavy atom. The normalized spacial score (nSPS) is 25.6. The van der Waals surface area contributed by atoms with Gasteiger partial charge >= 0.3 is 7.12 Å². The molecule has 1 atom stereocenters. The van der Waals surface area contributed by atoms with Crippen LogP contribution in [0.15, 0.2) is 24.3 Å². The molecule has 5 nitrogen and oxygen atoms in total. The Bertz CT molecular complexity index is 510. The van der Waals surface area contributed by atoms with E-state index in [1.54, 1.807) is 39.0 Å². The first-order valence-corrected chi connectivity index (χ1v) is 5.97. The van der Waals surface area contributed by atoms with E-state index in [1.165, 1.54) is 6.07 Å². The Kier molecular flexibility index (Phi) is 3.36. The first-order chi connectivity index (χ1) is 8.75. The van der Waals surface area contributed by atoms with E-state index in [1.807, 2.05) is 0 Å². The Balaban J connectivity index is 2.30. The summed E-state index contributed by atoms with van der Waals surface area (Å²) in [4.78, 5) is 10.3. The maximum atomic E-state index is 13.7. The average molecular weight is 267 g/mol. The molecule has 0 aliphatic carbocycles. The lowest BCUT2D eigenvalue weighted by Crippen LogP contribution is -2.50. The molecule has 19 heavy (non-hydrogen) atoms. The van der Waals surface area contributed by atoms with Gasteiger partial charge in [0.15, 0.2) is 0 Å². The lowest BCUT2D eigenvalue weighted by molar-refractivity contribution is -0.501. The predicted molar refractivity (Wildman–Crippen MR) is 68.3 cm³/mol. The maximum Gasteiger partial charge on any atom is 0.498 e. The molecular weight excluding hydrogens is 252 g/mol.